The number of rotatable bonds is 8. The van der Waals surface area contributed by atoms with Gasteiger partial charge in [0.15, 0.2) is 5.84 Å². The van der Waals surface area contributed by atoms with Crippen LogP contribution in [-0.4, -0.2) is 30.3 Å². The topological polar surface area (TPSA) is 113 Å². The molecule has 0 aliphatic rings. The Balaban J connectivity index is 1.96. The average Bonchev–Trinajstić information content (AvgIpc) is 2.78. The number of benzene rings is 2. The molecule has 1 heterocycles. The van der Waals surface area contributed by atoms with E-state index in [0.717, 1.165) is 0 Å². The summed E-state index contributed by atoms with van der Waals surface area (Å²) < 4.78 is 42.6. The molecule has 8 nitrogen and oxygen atoms in total. The molecule has 0 aliphatic carbocycles. The van der Waals surface area contributed by atoms with Crippen molar-refractivity contribution in [3.63, 3.8) is 0 Å². The Bertz CT molecular complexity index is 1220. The maximum absolute atomic E-state index is 14.7. The molecule has 0 atom stereocenters. The van der Waals surface area contributed by atoms with Gasteiger partial charge in [-0.1, -0.05) is 23.7 Å². The van der Waals surface area contributed by atoms with Gasteiger partial charge in [0.2, 0.25) is 10.0 Å². The number of hydrazone groups is 2. The molecular weight excluding hydrogens is 455 g/mol. The zero-order valence-electron chi connectivity index (χ0n) is 16.8. The first-order valence-electron chi connectivity index (χ1n) is 9.29. The van der Waals surface area contributed by atoms with Crippen LogP contribution in [0.2, 0.25) is 5.02 Å². The molecule has 3 rings (SSSR count). The second kappa shape index (κ2) is 10.3. The Labute approximate surface area is 190 Å². The van der Waals surface area contributed by atoms with Crippen LogP contribution in [0.1, 0.15) is 16.8 Å². The number of amidine groups is 1. The first-order chi connectivity index (χ1) is 15.3. The SMILES string of the molecule is C=NN/C(=N\N)c1ccc(CN(Cc2ccccn2)S(=O)(=O)c2ccc(Cl)cc2)cc1F. The van der Waals surface area contributed by atoms with Crippen molar-refractivity contribution in [3.8, 4) is 0 Å². The van der Waals surface area contributed by atoms with Crippen LogP contribution in [0.5, 0.6) is 0 Å². The van der Waals surface area contributed by atoms with E-state index >= 15 is 0 Å². The molecule has 2 aromatic carbocycles. The number of hydrogen-bond acceptors (Lipinski definition) is 6. The lowest BCUT2D eigenvalue weighted by Gasteiger charge is -2.22. The fourth-order valence-corrected chi connectivity index (χ4v) is 4.47. The fraction of sp³-hybridized carbons (Fsp3) is 0.0952. The van der Waals surface area contributed by atoms with E-state index in [9.17, 15) is 12.8 Å². The quantitative estimate of drug-likeness (QED) is 0.225. The average molecular weight is 475 g/mol. The molecule has 0 amide bonds. The molecule has 0 radical (unpaired) electrons. The summed E-state index contributed by atoms with van der Waals surface area (Å²) in [5, 5.41) is 7.30. The third-order valence-electron chi connectivity index (χ3n) is 4.48. The van der Waals surface area contributed by atoms with Crippen LogP contribution >= 0.6 is 11.6 Å². The third kappa shape index (κ3) is 5.47. The van der Waals surface area contributed by atoms with E-state index in [2.05, 4.69) is 27.3 Å². The molecule has 0 aliphatic heterocycles. The Morgan fingerprint density at radius 3 is 2.50 bits per heavy atom. The monoisotopic (exact) mass is 474 g/mol. The first kappa shape index (κ1) is 23.3. The predicted octanol–water partition coefficient (Wildman–Crippen LogP) is 3.09. The van der Waals surface area contributed by atoms with Gasteiger partial charge in [0, 0.05) is 24.5 Å². The number of aromatic nitrogens is 1. The van der Waals surface area contributed by atoms with Crippen LogP contribution in [0, 0.1) is 5.82 Å². The molecule has 0 saturated heterocycles. The van der Waals surface area contributed by atoms with Gasteiger partial charge in [0.1, 0.15) is 5.82 Å². The van der Waals surface area contributed by atoms with Gasteiger partial charge in [-0.15, -0.1) is 0 Å². The van der Waals surface area contributed by atoms with Crippen LogP contribution in [0.25, 0.3) is 0 Å². The highest BCUT2D eigenvalue weighted by molar-refractivity contribution is 7.89. The highest BCUT2D eigenvalue weighted by Crippen LogP contribution is 2.23. The Hall–Kier alpha value is -3.34. The van der Waals surface area contributed by atoms with E-state index in [4.69, 9.17) is 17.4 Å². The molecule has 3 N–H and O–H groups in total. The summed E-state index contributed by atoms with van der Waals surface area (Å²) in [6.07, 6.45) is 1.57. The zero-order valence-corrected chi connectivity index (χ0v) is 18.4. The number of halogens is 2. The predicted molar refractivity (Wildman–Crippen MR) is 122 cm³/mol. The van der Waals surface area contributed by atoms with E-state index < -0.39 is 15.8 Å². The smallest absolute Gasteiger partial charge is 0.243 e. The molecule has 166 valence electrons. The third-order valence-corrected chi connectivity index (χ3v) is 6.54. The van der Waals surface area contributed by atoms with Crippen molar-refractivity contribution in [2.75, 3.05) is 0 Å². The minimum Gasteiger partial charge on any atom is -0.321 e. The lowest BCUT2D eigenvalue weighted by Crippen LogP contribution is -2.30. The number of sulfonamides is 1. The molecule has 0 spiro atoms. The molecule has 0 bridgehead atoms. The molecule has 11 heteroatoms. The van der Waals surface area contributed by atoms with E-state index in [1.165, 1.54) is 40.7 Å². The van der Waals surface area contributed by atoms with Crippen LogP contribution < -0.4 is 11.3 Å². The molecule has 0 saturated carbocycles. The van der Waals surface area contributed by atoms with Gasteiger partial charge in [0.05, 0.1) is 22.7 Å². The normalized spacial score (nSPS) is 12.0. The second-order valence-electron chi connectivity index (χ2n) is 6.61. The van der Waals surface area contributed by atoms with Gasteiger partial charge in [-0.25, -0.2) is 12.8 Å². The molecular formula is C21H20ClFN6O2S. The number of nitrogens with zero attached hydrogens (tertiary/aromatic N) is 4. The molecule has 0 unspecified atom stereocenters. The van der Waals surface area contributed by atoms with Crippen molar-refractivity contribution in [2.24, 2.45) is 16.0 Å². The summed E-state index contributed by atoms with van der Waals surface area (Å²) in [5.74, 6) is 4.60. The number of nitrogens with two attached hydrogens (primary N) is 1. The van der Waals surface area contributed by atoms with Crippen molar-refractivity contribution >= 4 is 34.2 Å². The molecule has 1 aromatic heterocycles. The van der Waals surface area contributed by atoms with Crippen LogP contribution in [-0.2, 0) is 23.1 Å². The molecule has 3 aromatic rings. The van der Waals surface area contributed by atoms with Gasteiger partial charge in [-0.05, 0) is 54.1 Å². The number of hydrogen-bond donors (Lipinski definition) is 2. The molecule has 32 heavy (non-hydrogen) atoms. The Kier molecular flexibility index (Phi) is 7.52. The first-order valence-corrected chi connectivity index (χ1v) is 11.1. The highest BCUT2D eigenvalue weighted by atomic mass is 35.5. The van der Waals surface area contributed by atoms with Gasteiger partial charge in [-0.3, -0.25) is 10.4 Å². The summed E-state index contributed by atoms with van der Waals surface area (Å²) in [5.41, 5.74) is 3.44. The van der Waals surface area contributed by atoms with Gasteiger partial charge < -0.3 is 5.84 Å². The van der Waals surface area contributed by atoms with Crippen LogP contribution in [0.15, 0.2) is 82.0 Å². The minimum absolute atomic E-state index is 0.00732. The van der Waals surface area contributed by atoms with E-state index in [1.54, 1.807) is 30.5 Å². The lowest BCUT2D eigenvalue weighted by atomic mass is 10.1. The van der Waals surface area contributed by atoms with Crippen LogP contribution in [0.4, 0.5) is 4.39 Å². The standard InChI is InChI=1S/C21H20ClFN6O2S/c1-25-28-21(27-24)19-10-5-15(12-20(19)23)13-29(14-17-4-2-3-11-26-17)32(30,31)18-8-6-16(22)7-9-18/h2-12H,1,13-14,24H2,(H,27,28). The number of nitrogens with one attached hydrogen (secondary N) is 1. The summed E-state index contributed by atoms with van der Waals surface area (Å²) in [6, 6.07) is 15.3. The van der Waals surface area contributed by atoms with Gasteiger partial charge in [-0.2, -0.15) is 14.5 Å². The maximum Gasteiger partial charge on any atom is 0.243 e. The molecule has 0 fully saturated rings. The summed E-state index contributed by atoms with van der Waals surface area (Å²) in [6.45, 7) is 3.15. The fourth-order valence-electron chi connectivity index (χ4n) is 2.94. The largest absolute Gasteiger partial charge is 0.321 e. The lowest BCUT2D eigenvalue weighted by molar-refractivity contribution is 0.396. The minimum atomic E-state index is -3.93. The van der Waals surface area contributed by atoms with E-state index in [1.807, 2.05) is 0 Å². The van der Waals surface area contributed by atoms with E-state index in [0.29, 0.717) is 16.3 Å². The summed E-state index contributed by atoms with van der Waals surface area (Å²) >= 11 is 5.90. The van der Waals surface area contributed by atoms with Gasteiger partial charge in [0.25, 0.3) is 0 Å². The van der Waals surface area contributed by atoms with Crippen molar-refractivity contribution in [1.29, 1.82) is 0 Å². The van der Waals surface area contributed by atoms with E-state index in [-0.39, 0.29) is 29.4 Å². The second-order valence-corrected chi connectivity index (χ2v) is 8.98. The summed E-state index contributed by atoms with van der Waals surface area (Å²) in [4.78, 5) is 4.28. The summed E-state index contributed by atoms with van der Waals surface area (Å²) in [7, 11) is -3.93. The van der Waals surface area contributed by atoms with Crippen molar-refractivity contribution < 1.29 is 12.8 Å². The Morgan fingerprint density at radius 1 is 1.16 bits per heavy atom. The van der Waals surface area contributed by atoms with Crippen LogP contribution in [0.3, 0.4) is 0 Å². The maximum atomic E-state index is 14.7. The van der Waals surface area contributed by atoms with Crippen molar-refractivity contribution in [2.45, 2.75) is 18.0 Å². The van der Waals surface area contributed by atoms with Crippen molar-refractivity contribution in [1.82, 2.24) is 14.7 Å². The van der Waals surface area contributed by atoms with Gasteiger partial charge >= 0.3 is 0 Å². The Morgan fingerprint density at radius 2 is 1.91 bits per heavy atom. The van der Waals surface area contributed by atoms with Crippen molar-refractivity contribution in [3.05, 3.63) is 94.5 Å². The zero-order chi connectivity index (χ0) is 23.1. The number of pyridine rings is 1. The highest BCUT2D eigenvalue weighted by Gasteiger charge is 2.26.